The molecule has 5 rings (SSSR count). The van der Waals surface area contributed by atoms with Crippen LogP contribution in [0.15, 0.2) is 30.3 Å². The summed E-state index contributed by atoms with van der Waals surface area (Å²) in [6.07, 6.45) is -15.9. The average molecular weight is 611 g/mol. The van der Waals surface area contributed by atoms with Gasteiger partial charge in [0.05, 0.1) is 26.2 Å². The lowest BCUT2D eigenvalue weighted by molar-refractivity contribution is -0.318. The third kappa shape index (κ3) is 6.08. The van der Waals surface area contributed by atoms with Crippen molar-refractivity contribution in [3.8, 4) is 28.7 Å². The van der Waals surface area contributed by atoms with Crippen molar-refractivity contribution in [3.63, 3.8) is 0 Å². The smallest absolute Gasteiger partial charge is 0.229 e. The molecule has 0 aromatic heterocycles. The molecule has 2 fully saturated rings. The normalized spacial score (nSPS) is 36.0. The first kappa shape index (κ1) is 31.2. The summed E-state index contributed by atoms with van der Waals surface area (Å²) in [4.78, 5) is 12.9. The molecule has 0 aliphatic carbocycles. The minimum absolute atomic E-state index is 0.0457. The third-order valence-electron chi connectivity index (χ3n) is 7.70. The Labute approximate surface area is 245 Å². The number of ether oxygens (including phenoxy) is 6. The standard InChI is InChI=1S/C28H34O15/c1-10-21(32)23(34)25(36)27(40-10)39-9-19-22(33)24(35)26(37)28(43-19)41-12-6-14(30)20-15(31)8-17(42-18(20)7-12)11-3-4-16(38-2)13(29)5-11/h3-7,10,17,19,21-30,32-37H,8-9H2,1-2H3/t10-,17+,19-,21-,22-,23+,24+,25-,26-,27-,28-/m1/s1. The number of phenolic OH excluding ortho intramolecular Hbond substituents is 2. The van der Waals surface area contributed by atoms with Crippen molar-refractivity contribution in [2.24, 2.45) is 0 Å². The molecule has 236 valence electrons. The van der Waals surface area contributed by atoms with Crippen molar-refractivity contribution in [1.29, 1.82) is 0 Å². The third-order valence-corrected chi connectivity index (χ3v) is 7.70. The second-order valence-electron chi connectivity index (χ2n) is 10.6. The Bertz CT molecular complexity index is 1320. The number of hydrogen-bond acceptors (Lipinski definition) is 15. The summed E-state index contributed by atoms with van der Waals surface area (Å²) in [6, 6.07) is 6.90. The second kappa shape index (κ2) is 12.4. The average Bonchev–Trinajstić information content (AvgIpc) is 2.97. The molecule has 0 saturated carbocycles. The lowest BCUT2D eigenvalue weighted by atomic mass is 9.95. The van der Waals surface area contributed by atoms with Gasteiger partial charge in [0, 0.05) is 12.1 Å². The Morgan fingerprint density at radius 1 is 0.837 bits per heavy atom. The molecule has 2 saturated heterocycles. The van der Waals surface area contributed by atoms with Crippen LogP contribution in [0.3, 0.4) is 0 Å². The molecule has 8 N–H and O–H groups in total. The maximum atomic E-state index is 12.9. The number of benzene rings is 2. The summed E-state index contributed by atoms with van der Waals surface area (Å²) in [7, 11) is 1.39. The number of hydrogen-bond donors (Lipinski definition) is 8. The first-order valence-corrected chi connectivity index (χ1v) is 13.5. The number of ketones is 1. The summed E-state index contributed by atoms with van der Waals surface area (Å²) in [5.41, 5.74) is 0.373. The lowest BCUT2D eigenvalue weighted by Gasteiger charge is -2.42. The van der Waals surface area contributed by atoms with E-state index in [9.17, 15) is 45.6 Å². The van der Waals surface area contributed by atoms with Crippen LogP contribution < -0.4 is 14.2 Å². The van der Waals surface area contributed by atoms with Crippen LogP contribution in [0.5, 0.6) is 28.7 Å². The summed E-state index contributed by atoms with van der Waals surface area (Å²) in [5.74, 6) is -0.999. The molecule has 3 heterocycles. The highest BCUT2D eigenvalue weighted by Gasteiger charge is 2.47. The largest absolute Gasteiger partial charge is 0.507 e. The highest BCUT2D eigenvalue weighted by Crippen LogP contribution is 2.43. The van der Waals surface area contributed by atoms with Gasteiger partial charge in [-0.25, -0.2) is 0 Å². The SMILES string of the molecule is COc1ccc([C@@H]2CC(=O)c3c(O)cc(O[C@@H]4O[C@H](CO[C@@H]5O[C@H](C)[C@@H](O)[C@H](O)[C@H]5O)[C@@H](O)[C@H](O)[C@H]4O)cc3O2)cc1O. The first-order valence-electron chi connectivity index (χ1n) is 13.5. The fourth-order valence-corrected chi connectivity index (χ4v) is 5.20. The van der Waals surface area contributed by atoms with Gasteiger partial charge in [-0.3, -0.25) is 4.79 Å². The van der Waals surface area contributed by atoms with E-state index in [4.69, 9.17) is 28.4 Å². The number of aromatic hydroxyl groups is 2. The number of carbonyl (C=O) groups is 1. The van der Waals surface area contributed by atoms with Crippen molar-refractivity contribution in [3.05, 3.63) is 41.5 Å². The van der Waals surface area contributed by atoms with Crippen molar-refractivity contribution < 1.29 is 74.1 Å². The second-order valence-corrected chi connectivity index (χ2v) is 10.6. The number of aliphatic hydroxyl groups excluding tert-OH is 6. The van der Waals surface area contributed by atoms with Crippen LogP contribution in [0.4, 0.5) is 0 Å². The van der Waals surface area contributed by atoms with Gasteiger partial charge < -0.3 is 69.3 Å². The van der Waals surface area contributed by atoms with Gasteiger partial charge in [-0.1, -0.05) is 6.07 Å². The van der Waals surface area contributed by atoms with E-state index in [0.717, 1.165) is 6.07 Å². The molecule has 0 radical (unpaired) electrons. The maximum Gasteiger partial charge on any atom is 0.229 e. The molecule has 15 heteroatoms. The van der Waals surface area contributed by atoms with Gasteiger partial charge in [-0.15, -0.1) is 0 Å². The van der Waals surface area contributed by atoms with Crippen LogP contribution >= 0.6 is 0 Å². The zero-order chi connectivity index (χ0) is 31.2. The van der Waals surface area contributed by atoms with E-state index in [1.807, 2.05) is 0 Å². The van der Waals surface area contributed by atoms with Crippen LogP contribution in [-0.2, 0) is 14.2 Å². The van der Waals surface area contributed by atoms with E-state index in [2.05, 4.69) is 0 Å². The Balaban J connectivity index is 1.30. The van der Waals surface area contributed by atoms with Crippen LogP contribution in [0.25, 0.3) is 0 Å². The fourth-order valence-electron chi connectivity index (χ4n) is 5.20. The summed E-state index contributed by atoms with van der Waals surface area (Å²) < 4.78 is 33.1. The van der Waals surface area contributed by atoms with Gasteiger partial charge in [0.2, 0.25) is 6.29 Å². The molecule has 3 aliphatic heterocycles. The van der Waals surface area contributed by atoms with E-state index >= 15 is 0 Å². The summed E-state index contributed by atoms with van der Waals surface area (Å²) >= 11 is 0. The zero-order valence-electron chi connectivity index (χ0n) is 23.1. The van der Waals surface area contributed by atoms with E-state index in [-0.39, 0.29) is 35.0 Å². The molecule has 2 aromatic rings. The van der Waals surface area contributed by atoms with Crippen LogP contribution in [-0.4, -0.2) is 122 Å². The van der Waals surface area contributed by atoms with E-state index in [1.54, 1.807) is 6.07 Å². The van der Waals surface area contributed by atoms with E-state index in [0.29, 0.717) is 5.56 Å². The Kier molecular flexibility index (Phi) is 8.99. The minimum Gasteiger partial charge on any atom is -0.507 e. The number of fused-ring (bicyclic) bond motifs is 1. The number of methoxy groups -OCH3 is 1. The fraction of sp³-hybridized carbons (Fsp3) is 0.536. The number of aliphatic hydroxyl groups is 6. The van der Waals surface area contributed by atoms with Gasteiger partial charge in [-0.05, 0) is 24.6 Å². The van der Waals surface area contributed by atoms with Crippen molar-refractivity contribution in [1.82, 2.24) is 0 Å². The molecule has 0 unspecified atom stereocenters. The van der Waals surface area contributed by atoms with E-state index in [1.165, 1.54) is 32.2 Å². The molecule has 43 heavy (non-hydrogen) atoms. The zero-order valence-corrected chi connectivity index (χ0v) is 23.1. The van der Waals surface area contributed by atoms with Gasteiger partial charge in [-0.2, -0.15) is 0 Å². The van der Waals surface area contributed by atoms with E-state index < -0.39 is 85.7 Å². The molecule has 3 aliphatic rings. The van der Waals surface area contributed by atoms with Gasteiger partial charge in [0.1, 0.15) is 71.6 Å². The van der Waals surface area contributed by atoms with Crippen LogP contribution in [0.1, 0.15) is 35.4 Å². The molecular formula is C28H34O15. The van der Waals surface area contributed by atoms with Gasteiger partial charge in [0.15, 0.2) is 23.6 Å². The van der Waals surface area contributed by atoms with Crippen LogP contribution in [0.2, 0.25) is 0 Å². The molecule has 0 bridgehead atoms. The minimum atomic E-state index is -1.77. The maximum absolute atomic E-state index is 12.9. The highest BCUT2D eigenvalue weighted by atomic mass is 16.7. The molecule has 2 aromatic carbocycles. The Morgan fingerprint density at radius 3 is 2.23 bits per heavy atom. The predicted octanol–water partition coefficient (Wildman–Crippen LogP) is -1.16. The van der Waals surface area contributed by atoms with Crippen molar-refractivity contribution in [2.75, 3.05) is 13.7 Å². The molecular weight excluding hydrogens is 576 g/mol. The van der Waals surface area contributed by atoms with Gasteiger partial charge >= 0.3 is 0 Å². The number of phenols is 2. The monoisotopic (exact) mass is 610 g/mol. The summed E-state index contributed by atoms with van der Waals surface area (Å²) in [6.45, 7) is 0.964. The number of rotatable bonds is 7. The Hall–Kier alpha value is -3.25. The predicted molar refractivity (Wildman–Crippen MR) is 141 cm³/mol. The Morgan fingerprint density at radius 2 is 1.53 bits per heavy atom. The van der Waals surface area contributed by atoms with Gasteiger partial charge in [0.25, 0.3) is 0 Å². The molecule has 0 spiro atoms. The molecule has 0 amide bonds. The van der Waals surface area contributed by atoms with Crippen LogP contribution in [0, 0.1) is 0 Å². The molecule has 11 atom stereocenters. The topological polar surface area (TPSA) is 234 Å². The summed E-state index contributed by atoms with van der Waals surface area (Å²) in [5, 5.41) is 82.2. The number of Topliss-reactive ketones (excluding diaryl/α,β-unsaturated/α-hetero) is 1. The quantitative estimate of drug-likeness (QED) is 0.185. The highest BCUT2D eigenvalue weighted by molar-refractivity contribution is 6.02. The lowest BCUT2D eigenvalue weighted by Crippen LogP contribution is -2.61. The van der Waals surface area contributed by atoms with Crippen molar-refractivity contribution in [2.45, 2.75) is 80.9 Å². The molecule has 15 nitrogen and oxygen atoms in total. The first-order chi connectivity index (χ1) is 20.4. The number of carbonyl (C=O) groups excluding carboxylic acids is 1. The van der Waals surface area contributed by atoms with Crippen molar-refractivity contribution >= 4 is 5.78 Å².